The molecule has 24 heavy (non-hydrogen) atoms. The Labute approximate surface area is 145 Å². The first-order valence-electron chi connectivity index (χ1n) is 8.68. The van der Waals surface area contributed by atoms with Gasteiger partial charge in [-0.15, -0.1) is 0 Å². The van der Waals surface area contributed by atoms with Gasteiger partial charge in [-0.25, -0.2) is 0 Å². The molecule has 1 amide bonds. The maximum Gasteiger partial charge on any atom is 0.251 e. The zero-order chi connectivity index (χ0) is 17.5. The van der Waals surface area contributed by atoms with Crippen LogP contribution in [0.25, 0.3) is 0 Å². The summed E-state index contributed by atoms with van der Waals surface area (Å²) in [5.41, 5.74) is 5.38. The number of carbonyl (C=O) groups is 1. The maximum absolute atomic E-state index is 12.3. The predicted octanol–water partition coefficient (Wildman–Crippen LogP) is 4.08. The summed E-state index contributed by atoms with van der Waals surface area (Å²) in [6, 6.07) is 14.4. The molecule has 0 bridgehead atoms. The summed E-state index contributed by atoms with van der Waals surface area (Å²) in [6.45, 7) is 12.0. The van der Waals surface area contributed by atoms with E-state index in [1.807, 2.05) is 26.0 Å². The lowest BCUT2D eigenvalue weighted by molar-refractivity contribution is 0.0950. The smallest absolute Gasteiger partial charge is 0.251 e. The average Bonchev–Trinajstić information content (AvgIpc) is 2.57. The van der Waals surface area contributed by atoms with E-state index in [2.05, 4.69) is 54.4 Å². The van der Waals surface area contributed by atoms with E-state index in [1.54, 1.807) is 0 Å². The summed E-state index contributed by atoms with van der Waals surface area (Å²) in [5, 5.41) is 3.00. The van der Waals surface area contributed by atoms with Gasteiger partial charge < -0.3 is 5.32 Å². The number of hydrogen-bond donors (Lipinski definition) is 1. The number of amides is 1. The molecule has 0 fully saturated rings. The van der Waals surface area contributed by atoms with Gasteiger partial charge in [-0.1, -0.05) is 55.3 Å². The fraction of sp³-hybridized carbons (Fsp3) is 0.381. The number of nitrogens with one attached hydrogen (secondary N) is 1. The third kappa shape index (κ3) is 5.20. The molecule has 128 valence electrons. The summed E-state index contributed by atoms with van der Waals surface area (Å²) in [4.78, 5) is 14.7. The van der Waals surface area contributed by atoms with Crippen LogP contribution in [0.4, 0.5) is 0 Å². The summed E-state index contributed by atoms with van der Waals surface area (Å²) < 4.78 is 0. The molecular formula is C21H28N2O. The first-order valence-corrected chi connectivity index (χ1v) is 8.68. The minimum absolute atomic E-state index is 0.0194. The monoisotopic (exact) mass is 324 g/mol. The molecule has 0 saturated heterocycles. The molecule has 0 aliphatic rings. The van der Waals surface area contributed by atoms with E-state index in [4.69, 9.17) is 0 Å². The van der Waals surface area contributed by atoms with Gasteiger partial charge in [-0.3, -0.25) is 9.69 Å². The van der Waals surface area contributed by atoms with Crippen molar-refractivity contribution in [3.8, 4) is 0 Å². The van der Waals surface area contributed by atoms with Crippen molar-refractivity contribution in [2.45, 2.75) is 40.8 Å². The molecule has 2 aromatic rings. The van der Waals surface area contributed by atoms with Gasteiger partial charge in [0.2, 0.25) is 0 Å². The molecule has 0 radical (unpaired) electrons. The largest absolute Gasteiger partial charge is 0.348 e. The van der Waals surface area contributed by atoms with E-state index < -0.39 is 0 Å². The minimum atomic E-state index is -0.0194. The van der Waals surface area contributed by atoms with Crippen molar-refractivity contribution in [3.63, 3.8) is 0 Å². The Kier molecular flexibility index (Phi) is 6.56. The van der Waals surface area contributed by atoms with Crippen LogP contribution in [0.2, 0.25) is 0 Å². The highest BCUT2D eigenvalue weighted by atomic mass is 16.1. The van der Waals surface area contributed by atoms with Gasteiger partial charge >= 0.3 is 0 Å². The molecule has 0 atom stereocenters. The molecule has 0 saturated carbocycles. The molecule has 1 N–H and O–H groups in total. The van der Waals surface area contributed by atoms with Crippen molar-refractivity contribution >= 4 is 5.91 Å². The number of aryl methyl sites for hydroxylation is 2. The van der Waals surface area contributed by atoms with Crippen molar-refractivity contribution in [3.05, 3.63) is 70.3 Å². The van der Waals surface area contributed by atoms with Crippen LogP contribution in [-0.2, 0) is 13.1 Å². The second-order valence-corrected chi connectivity index (χ2v) is 6.34. The number of hydrogen-bond acceptors (Lipinski definition) is 2. The van der Waals surface area contributed by atoms with Crippen molar-refractivity contribution in [1.29, 1.82) is 0 Å². The molecule has 0 heterocycles. The first-order chi connectivity index (χ1) is 11.5. The molecule has 3 heteroatoms. The molecule has 3 nitrogen and oxygen atoms in total. The van der Waals surface area contributed by atoms with Gasteiger partial charge in [0.25, 0.3) is 5.91 Å². The van der Waals surface area contributed by atoms with Gasteiger partial charge in [0.15, 0.2) is 0 Å². The SMILES string of the molecule is CCN(CC)Cc1ccc(CNC(=O)c2cc(C)cc(C)c2)cc1. The third-order valence-corrected chi connectivity index (χ3v) is 4.26. The second kappa shape index (κ2) is 8.65. The van der Waals surface area contributed by atoms with E-state index in [0.29, 0.717) is 6.54 Å². The predicted molar refractivity (Wildman–Crippen MR) is 100 cm³/mol. The average molecular weight is 324 g/mol. The highest BCUT2D eigenvalue weighted by Gasteiger charge is 2.07. The number of carbonyl (C=O) groups excluding carboxylic acids is 1. The van der Waals surface area contributed by atoms with Gasteiger partial charge in [-0.05, 0) is 50.2 Å². The van der Waals surface area contributed by atoms with Crippen LogP contribution in [0.1, 0.15) is 46.5 Å². The molecule has 0 aromatic heterocycles. The Morgan fingerprint density at radius 3 is 2.00 bits per heavy atom. The third-order valence-electron chi connectivity index (χ3n) is 4.26. The fourth-order valence-electron chi connectivity index (χ4n) is 2.86. The fourth-order valence-corrected chi connectivity index (χ4v) is 2.86. The first kappa shape index (κ1) is 18.2. The summed E-state index contributed by atoms with van der Waals surface area (Å²) >= 11 is 0. The van der Waals surface area contributed by atoms with E-state index in [-0.39, 0.29) is 5.91 Å². The van der Waals surface area contributed by atoms with E-state index in [0.717, 1.165) is 41.9 Å². The Balaban J connectivity index is 1.93. The normalized spacial score (nSPS) is 10.9. The van der Waals surface area contributed by atoms with Crippen LogP contribution >= 0.6 is 0 Å². The molecule has 0 aliphatic heterocycles. The summed E-state index contributed by atoms with van der Waals surface area (Å²) in [6.07, 6.45) is 0. The van der Waals surface area contributed by atoms with Crippen molar-refractivity contribution < 1.29 is 4.79 Å². The summed E-state index contributed by atoms with van der Waals surface area (Å²) in [5.74, 6) is -0.0194. The van der Waals surface area contributed by atoms with Crippen LogP contribution in [0.5, 0.6) is 0 Å². The molecule has 2 rings (SSSR count). The van der Waals surface area contributed by atoms with Crippen LogP contribution < -0.4 is 5.32 Å². The summed E-state index contributed by atoms with van der Waals surface area (Å²) in [7, 11) is 0. The Morgan fingerprint density at radius 2 is 1.46 bits per heavy atom. The lowest BCUT2D eigenvalue weighted by atomic mass is 10.1. The van der Waals surface area contributed by atoms with E-state index in [9.17, 15) is 4.79 Å². The van der Waals surface area contributed by atoms with Gasteiger partial charge in [-0.2, -0.15) is 0 Å². The van der Waals surface area contributed by atoms with E-state index >= 15 is 0 Å². The van der Waals surface area contributed by atoms with Gasteiger partial charge in [0.05, 0.1) is 0 Å². The zero-order valence-electron chi connectivity index (χ0n) is 15.2. The van der Waals surface area contributed by atoms with Crippen molar-refractivity contribution in [2.75, 3.05) is 13.1 Å². The Bertz CT molecular complexity index is 652. The van der Waals surface area contributed by atoms with Crippen LogP contribution in [0.3, 0.4) is 0 Å². The topological polar surface area (TPSA) is 32.3 Å². The minimum Gasteiger partial charge on any atom is -0.348 e. The van der Waals surface area contributed by atoms with Gasteiger partial charge in [0, 0.05) is 18.7 Å². The van der Waals surface area contributed by atoms with Crippen molar-refractivity contribution in [1.82, 2.24) is 10.2 Å². The molecule has 0 aliphatic carbocycles. The molecule has 0 unspecified atom stereocenters. The van der Waals surface area contributed by atoms with Crippen LogP contribution in [0, 0.1) is 13.8 Å². The van der Waals surface area contributed by atoms with E-state index in [1.165, 1.54) is 5.56 Å². The zero-order valence-corrected chi connectivity index (χ0v) is 15.2. The van der Waals surface area contributed by atoms with Crippen LogP contribution in [-0.4, -0.2) is 23.9 Å². The molecular weight excluding hydrogens is 296 g/mol. The standard InChI is InChI=1S/C21H28N2O/c1-5-23(6-2)15-19-9-7-18(8-10-19)14-22-21(24)20-12-16(3)11-17(4)13-20/h7-13H,5-6,14-15H2,1-4H3,(H,22,24). The highest BCUT2D eigenvalue weighted by molar-refractivity contribution is 5.94. The highest BCUT2D eigenvalue weighted by Crippen LogP contribution is 2.10. The lowest BCUT2D eigenvalue weighted by Gasteiger charge is -2.18. The Morgan fingerprint density at radius 1 is 0.917 bits per heavy atom. The lowest BCUT2D eigenvalue weighted by Crippen LogP contribution is -2.23. The second-order valence-electron chi connectivity index (χ2n) is 6.34. The Hall–Kier alpha value is -2.13. The molecule has 0 spiro atoms. The number of nitrogens with zero attached hydrogens (tertiary/aromatic N) is 1. The molecule has 2 aromatic carbocycles. The quantitative estimate of drug-likeness (QED) is 0.832. The van der Waals surface area contributed by atoms with Gasteiger partial charge in [0.1, 0.15) is 0 Å². The maximum atomic E-state index is 12.3. The van der Waals surface area contributed by atoms with Crippen LogP contribution in [0.15, 0.2) is 42.5 Å². The number of rotatable bonds is 7. The van der Waals surface area contributed by atoms with Crippen molar-refractivity contribution in [2.24, 2.45) is 0 Å². The number of benzene rings is 2.